The first kappa shape index (κ1) is 11.3. The molecular formula is C9H18NO2. The van der Waals surface area contributed by atoms with Crippen LogP contribution in [0.5, 0.6) is 0 Å². The van der Waals surface area contributed by atoms with Crippen LogP contribution in [0.25, 0.3) is 0 Å². The van der Waals surface area contributed by atoms with Gasteiger partial charge in [0, 0.05) is 11.1 Å². The molecule has 0 unspecified atom stereocenters. The van der Waals surface area contributed by atoms with E-state index in [0.29, 0.717) is 0 Å². The van der Waals surface area contributed by atoms with Crippen LogP contribution in [0.4, 0.5) is 4.79 Å². The van der Waals surface area contributed by atoms with E-state index in [1.165, 1.54) is 4.90 Å². The molecule has 0 N–H and O–H groups in total. The molecule has 0 saturated heterocycles. The maximum absolute atomic E-state index is 10.8. The number of nitrogens with zero attached hydrogens (tertiary/aromatic N) is 1. The monoisotopic (exact) mass is 172 g/mol. The molecule has 0 saturated carbocycles. The van der Waals surface area contributed by atoms with Crippen molar-refractivity contribution in [3.8, 4) is 0 Å². The summed E-state index contributed by atoms with van der Waals surface area (Å²) in [6.45, 7) is 11.1. The van der Waals surface area contributed by atoms with Crippen LogP contribution >= 0.6 is 0 Å². The number of hydrogen-bond acceptors (Lipinski definition) is 1. The zero-order valence-electron chi connectivity index (χ0n) is 8.76. The normalized spacial score (nSPS) is 12.8. The van der Waals surface area contributed by atoms with E-state index in [1.807, 2.05) is 41.5 Å². The summed E-state index contributed by atoms with van der Waals surface area (Å²) >= 11 is 0. The van der Waals surface area contributed by atoms with E-state index >= 15 is 0 Å². The fourth-order valence-corrected chi connectivity index (χ4v) is 1.55. The Hall–Kier alpha value is -0.730. The molecule has 3 nitrogen and oxygen atoms in total. The maximum Gasteiger partial charge on any atom is 0.454 e. The van der Waals surface area contributed by atoms with Gasteiger partial charge in [-0.1, -0.05) is 0 Å². The molecule has 3 heteroatoms. The fraction of sp³-hybridized carbons (Fsp3) is 0.889. The van der Waals surface area contributed by atoms with Crippen LogP contribution in [0.3, 0.4) is 0 Å². The average molecular weight is 172 g/mol. The molecule has 0 aliphatic heterocycles. The van der Waals surface area contributed by atoms with Crippen molar-refractivity contribution < 1.29 is 9.90 Å². The molecule has 12 heavy (non-hydrogen) atoms. The summed E-state index contributed by atoms with van der Waals surface area (Å²) in [6.07, 6.45) is -1.12. The number of hydrogen-bond donors (Lipinski definition) is 0. The standard InChI is InChI=1S/C9H18NO2/c1-8(2,3)10(7(11)12)9(4,5)6/h1-6H3. The van der Waals surface area contributed by atoms with Gasteiger partial charge in [0.15, 0.2) is 0 Å². The van der Waals surface area contributed by atoms with E-state index in [4.69, 9.17) is 0 Å². The first-order valence-corrected chi connectivity index (χ1v) is 4.08. The molecule has 0 atom stereocenters. The lowest BCUT2D eigenvalue weighted by atomic mass is 9.97. The molecule has 0 bridgehead atoms. The highest BCUT2D eigenvalue weighted by Crippen LogP contribution is 2.24. The minimum absolute atomic E-state index is 0.406. The first-order chi connectivity index (χ1) is 5.07. The highest BCUT2D eigenvalue weighted by molar-refractivity contribution is 5.66. The van der Waals surface area contributed by atoms with E-state index in [9.17, 15) is 9.90 Å². The first-order valence-electron chi connectivity index (χ1n) is 4.08. The van der Waals surface area contributed by atoms with Gasteiger partial charge in [-0.05, 0) is 41.5 Å². The second-order valence-corrected chi connectivity index (χ2v) is 4.94. The quantitative estimate of drug-likeness (QED) is 0.553. The van der Waals surface area contributed by atoms with Crippen LogP contribution in [-0.4, -0.2) is 22.1 Å². The van der Waals surface area contributed by atoms with Gasteiger partial charge in [-0.3, -0.25) is 4.90 Å². The minimum atomic E-state index is -1.12. The van der Waals surface area contributed by atoms with E-state index < -0.39 is 17.2 Å². The van der Waals surface area contributed by atoms with E-state index in [1.54, 1.807) is 0 Å². The van der Waals surface area contributed by atoms with Gasteiger partial charge in [0.25, 0.3) is 0 Å². The van der Waals surface area contributed by atoms with Crippen molar-refractivity contribution in [3.63, 3.8) is 0 Å². The van der Waals surface area contributed by atoms with Crippen LogP contribution in [0.15, 0.2) is 0 Å². The SMILES string of the molecule is CC(C)(C)N(C([O])=O)C(C)(C)C. The Morgan fingerprint density at radius 3 is 1.17 bits per heavy atom. The Labute approximate surface area is 74.4 Å². The summed E-state index contributed by atoms with van der Waals surface area (Å²) in [4.78, 5) is 12.2. The minimum Gasteiger partial charge on any atom is -0.295 e. The molecule has 0 aromatic rings. The van der Waals surface area contributed by atoms with Gasteiger partial charge in [-0.15, -0.1) is 0 Å². The van der Waals surface area contributed by atoms with Gasteiger partial charge in [0.2, 0.25) is 0 Å². The average Bonchev–Trinajstić information content (AvgIpc) is 1.49. The summed E-state index contributed by atoms with van der Waals surface area (Å²) in [5, 5.41) is 10.8. The number of rotatable bonds is 0. The van der Waals surface area contributed by atoms with Crippen molar-refractivity contribution in [1.82, 2.24) is 4.90 Å². The molecule has 71 valence electrons. The van der Waals surface area contributed by atoms with Crippen molar-refractivity contribution in [2.24, 2.45) is 0 Å². The van der Waals surface area contributed by atoms with Gasteiger partial charge >= 0.3 is 6.09 Å². The fourth-order valence-electron chi connectivity index (χ4n) is 1.55. The molecule has 0 rings (SSSR count). The smallest absolute Gasteiger partial charge is 0.295 e. The van der Waals surface area contributed by atoms with Crippen LogP contribution in [-0.2, 0) is 5.11 Å². The predicted molar refractivity (Wildman–Crippen MR) is 47.4 cm³/mol. The Balaban J connectivity index is 4.82. The van der Waals surface area contributed by atoms with Crippen LogP contribution in [0, 0.1) is 0 Å². The third-order valence-corrected chi connectivity index (χ3v) is 1.52. The van der Waals surface area contributed by atoms with Crippen LogP contribution in [0.1, 0.15) is 41.5 Å². The summed E-state index contributed by atoms with van der Waals surface area (Å²) in [5.41, 5.74) is -0.811. The van der Waals surface area contributed by atoms with Gasteiger partial charge in [0.05, 0.1) is 0 Å². The summed E-state index contributed by atoms with van der Waals surface area (Å²) < 4.78 is 0. The molecule has 0 fully saturated rings. The highest BCUT2D eigenvalue weighted by Gasteiger charge is 2.36. The maximum atomic E-state index is 10.8. The second kappa shape index (κ2) is 2.96. The third-order valence-electron chi connectivity index (χ3n) is 1.52. The zero-order valence-corrected chi connectivity index (χ0v) is 8.76. The van der Waals surface area contributed by atoms with Gasteiger partial charge in [-0.25, -0.2) is 9.90 Å². The summed E-state index contributed by atoms with van der Waals surface area (Å²) in [7, 11) is 0. The molecule has 0 aromatic heterocycles. The molecule has 0 aliphatic carbocycles. The van der Waals surface area contributed by atoms with E-state index in [0.717, 1.165) is 0 Å². The molecule has 0 spiro atoms. The van der Waals surface area contributed by atoms with Crippen molar-refractivity contribution in [1.29, 1.82) is 0 Å². The number of carbonyl (C=O) groups is 1. The molecule has 1 amide bonds. The topological polar surface area (TPSA) is 40.2 Å². The lowest BCUT2D eigenvalue weighted by Crippen LogP contribution is -2.54. The van der Waals surface area contributed by atoms with E-state index in [2.05, 4.69) is 0 Å². The Bertz CT molecular complexity index is 160. The lowest BCUT2D eigenvalue weighted by Gasteiger charge is -2.42. The molecule has 0 aliphatic rings. The predicted octanol–water partition coefficient (Wildman–Crippen LogP) is 2.44. The zero-order chi connectivity index (χ0) is 10.2. The van der Waals surface area contributed by atoms with Crippen molar-refractivity contribution in [3.05, 3.63) is 0 Å². The largest absolute Gasteiger partial charge is 0.454 e. The summed E-state index contributed by atoms with van der Waals surface area (Å²) in [6, 6.07) is 0. The Morgan fingerprint density at radius 1 is 0.917 bits per heavy atom. The van der Waals surface area contributed by atoms with Crippen molar-refractivity contribution in [2.45, 2.75) is 52.6 Å². The van der Waals surface area contributed by atoms with Crippen molar-refractivity contribution in [2.75, 3.05) is 0 Å². The number of carbonyl (C=O) groups excluding carboxylic acids is 1. The summed E-state index contributed by atoms with van der Waals surface area (Å²) in [5.74, 6) is 0. The third kappa shape index (κ3) is 2.72. The highest BCUT2D eigenvalue weighted by atomic mass is 16.4. The van der Waals surface area contributed by atoms with E-state index in [-0.39, 0.29) is 0 Å². The molecule has 0 heterocycles. The van der Waals surface area contributed by atoms with Gasteiger partial charge in [0.1, 0.15) is 0 Å². The van der Waals surface area contributed by atoms with Gasteiger partial charge in [-0.2, -0.15) is 0 Å². The number of amides is 1. The molecular weight excluding hydrogens is 154 g/mol. The van der Waals surface area contributed by atoms with Gasteiger partial charge < -0.3 is 0 Å². The van der Waals surface area contributed by atoms with Crippen LogP contribution in [0.2, 0.25) is 0 Å². The molecule has 1 radical (unpaired) electrons. The van der Waals surface area contributed by atoms with Crippen LogP contribution < -0.4 is 0 Å². The second-order valence-electron chi connectivity index (χ2n) is 4.94. The molecule has 0 aromatic carbocycles. The van der Waals surface area contributed by atoms with Crippen molar-refractivity contribution >= 4 is 6.09 Å². The Morgan fingerprint density at radius 2 is 1.17 bits per heavy atom. The Kier molecular flexibility index (Phi) is 2.78. The lowest BCUT2D eigenvalue weighted by molar-refractivity contribution is 0.0273.